The van der Waals surface area contributed by atoms with Crippen LogP contribution in [0.25, 0.3) is 16.9 Å². The number of imidazole rings is 1. The highest BCUT2D eigenvalue weighted by Gasteiger charge is 2.23. The number of fused-ring (bicyclic) bond motifs is 1. The van der Waals surface area contributed by atoms with Crippen molar-refractivity contribution in [2.24, 2.45) is 0 Å². The summed E-state index contributed by atoms with van der Waals surface area (Å²) in [5.74, 6) is 2.62. The molecule has 1 unspecified atom stereocenters. The fraction of sp³-hybridized carbons (Fsp3) is 0.485. The van der Waals surface area contributed by atoms with E-state index in [-0.39, 0.29) is 28.7 Å². The van der Waals surface area contributed by atoms with Crippen molar-refractivity contribution >= 4 is 15.5 Å². The summed E-state index contributed by atoms with van der Waals surface area (Å²) in [5.41, 5.74) is 1.82. The maximum Gasteiger partial charge on any atom is 0.277 e. The number of rotatable bonds is 17. The van der Waals surface area contributed by atoms with Crippen LogP contribution in [0, 0.1) is 6.92 Å². The second kappa shape index (κ2) is 15.4. The molecule has 0 fully saturated rings. The van der Waals surface area contributed by atoms with Crippen molar-refractivity contribution in [2.45, 2.75) is 83.5 Å². The molecule has 2 aromatic heterocycles. The zero-order valence-electron chi connectivity index (χ0n) is 27.1. The molecular formula is C33H45N5O6S. The lowest BCUT2D eigenvalue weighted by Gasteiger charge is -2.15. The van der Waals surface area contributed by atoms with Crippen LogP contribution in [0.3, 0.4) is 0 Å². The van der Waals surface area contributed by atoms with Gasteiger partial charge in [0, 0.05) is 12.5 Å². The van der Waals surface area contributed by atoms with Crippen LogP contribution in [0.4, 0.5) is 0 Å². The minimum atomic E-state index is -3.93. The number of aryl methyl sites for hydroxylation is 1. The Morgan fingerprint density at radius 3 is 2.51 bits per heavy atom. The third-order valence-corrected chi connectivity index (χ3v) is 9.41. The van der Waals surface area contributed by atoms with E-state index < -0.39 is 10.0 Å². The summed E-state index contributed by atoms with van der Waals surface area (Å²) in [6.07, 6.45) is 6.75. The second-order valence-corrected chi connectivity index (χ2v) is 12.7. The third-order valence-electron chi connectivity index (χ3n) is 7.95. The molecule has 1 atom stereocenters. The molecule has 0 saturated heterocycles. The highest BCUT2D eigenvalue weighted by molar-refractivity contribution is 7.89. The average Bonchev–Trinajstić information content (AvgIpc) is 3.37. The summed E-state index contributed by atoms with van der Waals surface area (Å²) in [6, 6.07) is 10.0. The molecule has 12 heteroatoms. The van der Waals surface area contributed by atoms with Crippen molar-refractivity contribution in [1.29, 1.82) is 0 Å². The van der Waals surface area contributed by atoms with Crippen LogP contribution in [0.15, 0.2) is 46.1 Å². The predicted molar refractivity (Wildman–Crippen MR) is 175 cm³/mol. The number of ether oxygens (including phenoxy) is 3. The van der Waals surface area contributed by atoms with Gasteiger partial charge in [0.2, 0.25) is 10.0 Å². The number of para-hydroxylation sites is 1. The van der Waals surface area contributed by atoms with Crippen LogP contribution in [0.5, 0.6) is 17.2 Å². The minimum Gasteiger partial charge on any atom is -0.493 e. The van der Waals surface area contributed by atoms with E-state index in [1.165, 1.54) is 18.6 Å². The Kier molecular flexibility index (Phi) is 11.6. The van der Waals surface area contributed by atoms with Gasteiger partial charge in [-0.1, -0.05) is 51.7 Å². The molecule has 0 saturated carbocycles. The molecule has 0 aliphatic heterocycles. The minimum absolute atomic E-state index is 0.0192. The molecule has 4 rings (SSSR count). The Bertz CT molecular complexity index is 1770. The van der Waals surface area contributed by atoms with Gasteiger partial charge >= 0.3 is 0 Å². The number of hydrogen-bond donors (Lipinski definition) is 2. The molecule has 2 N–H and O–H groups in total. The van der Waals surface area contributed by atoms with Gasteiger partial charge in [0.25, 0.3) is 5.56 Å². The van der Waals surface area contributed by atoms with Crippen molar-refractivity contribution in [3.63, 3.8) is 0 Å². The number of aromatic nitrogens is 4. The van der Waals surface area contributed by atoms with Gasteiger partial charge in [-0.15, -0.1) is 5.10 Å². The number of benzene rings is 2. The van der Waals surface area contributed by atoms with Crippen molar-refractivity contribution in [3.05, 3.63) is 63.8 Å². The quantitative estimate of drug-likeness (QED) is 0.139. The summed E-state index contributed by atoms with van der Waals surface area (Å²) >= 11 is 0. The van der Waals surface area contributed by atoms with Crippen molar-refractivity contribution < 1.29 is 22.6 Å². The van der Waals surface area contributed by atoms with Gasteiger partial charge in [0.05, 0.1) is 37.0 Å². The Hall–Kier alpha value is -3.90. The van der Waals surface area contributed by atoms with Crippen molar-refractivity contribution in [2.75, 3.05) is 27.4 Å². The summed E-state index contributed by atoms with van der Waals surface area (Å²) in [6.45, 7) is 8.43. The molecule has 0 spiro atoms. The molecule has 2 heterocycles. The molecule has 4 aromatic rings. The number of hydrogen-bond acceptors (Lipinski definition) is 8. The highest BCUT2D eigenvalue weighted by Crippen LogP contribution is 2.33. The van der Waals surface area contributed by atoms with E-state index in [2.05, 4.69) is 23.6 Å². The first-order chi connectivity index (χ1) is 21.7. The Morgan fingerprint density at radius 1 is 1.02 bits per heavy atom. The fourth-order valence-electron chi connectivity index (χ4n) is 5.61. The number of nitrogens with zero attached hydrogens (tertiary/aromatic N) is 3. The molecule has 0 aliphatic carbocycles. The largest absolute Gasteiger partial charge is 0.493 e. The topological polar surface area (TPSA) is 137 Å². The average molecular weight is 640 g/mol. The second-order valence-electron chi connectivity index (χ2n) is 11.0. The zero-order chi connectivity index (χ0) is 32.6. The lowest BCUT2D eigenvalue weighted by Crippen LogP contribution is -2.26. The van der Waals surface area contributed by atoms with Gasteiger partial charge in [-0.2, -0.15) is 0 Å². The van der Waals surface area contributed by atoms with E-state index >= 15 is 0 Å². The van der Waals surface area contributed by atoms with E-state index in [1.807, 2.05) is 26.0 Å². The highest BCUT2D eigenvalue weighted by atomic mass is 32.2. The molecule has 2 aromatic carbocycles. The van der Waals surface area contributed by atoms with Crippen LogP contribution in [-0.4, -0.2) is 55.4 Å². The molecule has 0 radical (unpaired) electrons. The summed E-state index contributed by atoms with van der Waals surface area (Å²) in [5, 5.41) is 4.82. The van der Waals surface area contributed by atoms with Crippen LogP contribution >= 0.6 is 0 Å². The van der Waals surface area contributed by atoms with E-state index in [1.54, 1.807) is 30.9 Å². The smallest absolute Gasteiger partial charge is 0.277 e. The molecular weight excluding hydrogens is 594 g/mol. The normalized spacial score (nSPS) is 12.4. The van der Waals surface area contributed by atoms with Gasteiger partial charge in [-0.3, -0.25) is 4.79 Å². The number of unbranched alkanes of at least 4 members (excludes halogenated alkanes) is 3. The first kappa shape index (κ1) is 34.0. The maximum atomic E-state index is 13.4. The number of aromatic amines is 1. The molecule has 0 amide bonds. The van der Waals surface area contributed by atoms with Gasteiger partial charge in [0.1, 0.15) is 11.6 Å². The summed E-state index contributed by atoms with van der Waals surface area (Å²) in [4.78, 5) is 21.0. The Labute approximate surface area is 265 Å². The standard InChI is InChI=1S/C33H45N5O6S/c1-7-10-11-12-14-23(8-2)32-35-22(4)29-33(39)36-31(37-38(29)32)26-21-25(17-18-27(26)44-9-3)45(40,41)34-20-19-24-15-13-16-28(42-5)30(24)43-6/h13,15-18,21,23,34H,7-12,14,19-20H2,1-6H3,(H,36,37,39). The van der Waals surface area contributed by atoms with Crippen LogP contribution in [0.1, 0.15) is 82.3 Å². The fourth-order valence-corrected chi connectivity index (χ4v) is 6.67. The first-order valence-corrected chi connectivity index (χ1v) is 17.1. The van der Waals surface area contributed by atoms with Crippen LogP contribution < -0.4 is 24.5 Å². The third kappa shape index (κ3) is 7.67. The van der Waals surface area contributed by atoms with E-state index in [0.29, 0.717) is 47.1 Å². The number of nitrogens with one attached hydrogen (secondary N) is 2. The molecule has 0 aliphatic rings. The molecule has 45 heavy (non-hydrogen) atoms. The monoisotopic (exact) mass is 639 g/mol. The molecule has 244 valence electrons. The number of sulfonamides is 1. The Balaban J connectivity index is 1.68. The van der Waals surface area contributed by atoms with Crippen LogP contribution in [-0.2, 0) is 16.4 Å². The summed E-state index contributed by atoms with van der Waals surface area (Å²) < 4.78 is 47.9. The summed E-state index contributed by atoms with van der Waals surface area (Å²) in [7, 11) is -0.830. The van der Waals surface area contributed by atoms with Gasteiger partial charge in [0.15, 0.2) is 22.8 Å². The number of methoxy groups -OCH3 is 2. The van der Waals surface area contributed by atoms with Gasteiger partial charge in [-0.05, 0) is 62.9 Å². The molecule has 11 nitrogen and oxygen atoms in total. The van der Waals surface area contributed by atoms with E-state index in [4.69, 9.17) is 24.3 Å². The van der Waals surface area contributed by atoms with E-state index in [9.17, 15) is 13.2 Å². The lowest BCUT2D eigenvalue weighted by molar-refractivity contribution is 0.341. The number of H-pyrrole nitrogens is 1. The van der Waals surface area contributed by atoms with E-state index in [0.717, 1.165) is 43.5 Å². The van der Waals surface area contributed by atoms with Crippen molar-refractivity contribution in [1.82, 2.24) is 24.3 Å². The zero-order valence-corrected chi connectivity index (χ0v) is 27.9. The van der Waals surface area contributed by atoms with Gasteiger partial charge in [-0.25, -0.2) is 22.6 Å². The van der Waals surface area contributed by atoms with Crippen molar-refractivity contribution in [3.8, 4) is 28.6 Å². The van der Waals surface area contributed by atoms with Crippen LogP contribution in [0.2, 0.25) is 0 Å². The predicted octanol–water partition coefficient (Wildman–Crippen LogP) is 5.79. The van der Waals surface area contributed by atoms with Gasteiger partial charge < -0.3 is 19.2 Å². The Morgan fingerprint density at radius 2 is 1.82 bits per heavy atom. The molecule has 0 bridgehead atoms. The lowest BCUT2D eigenvalue weighted by atomic mass is 9.97. The first-order valence-electron chi connectivity index (χ1n) is 15.6. The SMILES string of the molecule is CCCCCCC(CC)c1nc(C)c2c(=O)[nH]c(-c3cc(S(=O)(=O)NCCc4cccc(OC)c4OC)ccc3OCC)nn12. The maximum absolute atomic E-state index is 13.4.